The van der Waals surface area contributed by atoms with Crippen molar-refractivity contribution in [3.63, 3.8) is 0 Å². The predicted octanol–water partition coefficient (Wildman–Crippen LogP) is 6.84. The van der Waals surface area contributed by atoms with Crippen LogP contribution in [0.5, 0.6) is 5.75 Å². The summed E-state index contributed by atoms with van der Waals surface area (Å²) in [5.41, 5.74) is -0.313. The first kappa shape index (κ1) is 32.0. The van der Waals surface area contributed by atoms with Crippen molar-refractivity contribution in [3.8, 4) is 5.75 Å². The third-order valence-corrected chi connectivity index (χ3v) is 7.72. The average Bonchev–Trinajstić information content (AvgIpc) is 3.30. The van der Waals surface area contributed by atoms with Crippen molar-refractivity contribution >= 4 is 11.8 Å². The summed E-state index contributed by atoms with van der Waals surface area (Å²) < 4.78 is 79.4. The molecule has 2 aliphatic heterocycles. The smallest absolute Gasteiger partial charge is 0.415 e. The van der Waals surface area contributed by atoms with Gasteiger partial charge in [-0.1, -0.05) is 6.07 Å². The highest BCUT2D eigenvalue weighted by molar-refractivity contribution is 5.89. The molecule has 0 aliphatic carbocycles. The van der Waals surface area contributed by atoms with Crippen molar-refractivity contribution in [2.75, 3.05) is 37.8 Å². The van der Waals surface area contributed by atoms with E-state index in [0.717, 1.165) is 19.1 Å². The molecule has 1 N–H and O–H groups in total. The van der Waals surface area contributed by atoms with Gasteiger partial charge in [-0.3, -0.25) is 14.2 Å². The van der Waals surface area contributed by atoms with E-state index in [1.165, 1.54) is 28.0 Å². The number of likely N-dealkylation sites (tertiary alicyclic amines) is 1. The summed E-state index contributed by atoms with van der Waals surface area (Å²) in [7, 11) is 0. The number of ether oxygens (including phenoxy) is 1. The van der Waals surface area contributed by atoms with Crippen molar-refractivity contribution in [2.45, 2.75) is 83.5 Å². The standard InChI is InChI=1S/C31H40F5N3O3/c1-19-13-20-14-23(40)7-8-24(20)28(38(19)18-31(5,35)36)27-25(33)15-22(16-26(27)34)39(29(41)42-30(2,3)4)21-9-12-37(17-21)11-6-10-32/h7-8,14-16,19,21,28,40H,6,9-13,17-18H2,1-5H3/t19-,21+,28+/m1/s1. The number of alkyl halides is 3. The van der Waals surface area contributed by atoms with E-state index < -0.39 is 66.2 Å². The Bertz CT molecular complexity index is 1260. The van der Waals surface area contributed by atoms with E-state index >= 15 is 8.78 Å². The van der Waals surface area contributed by atoms with E-state index in [1.807, 2.05) is 4.90 Å². The number of halogens is 5. The predicted molar refractivity (Wildman–Crippen MR) is 151 cm³/mol. The van der Waals surface area contributed by atoms with Gasteiger partial charge in [-0.15, -0.1) is 0 Å². The maximum atomic E-state index is 16.2. The molecule has 0 saturated carbocycles. The lowest BCUT2D eigenvalue weighted by Crippen LogP contribution is -2.48. The maximum Gasteiger partial charge on any atom is 0.415 e. The number of phenolic OH excluding ortho intramolecular Hbond substituents is 1. The first-order valence-corrected chi connectivity index (χ1v) is 14.3. The van der Waals surface area contributed by atoms with E-state index in [2.05, 4.69) is 0 Å². The molecule has 2 aromatic rings. The number of nitrogens with zero attached hydrogens (tertiary/aromatic N) is 3. The van der Waals surface area contributed by atoms with Crippen LogP contribution in [0.25, 0.3) is 0 Å². The Balaban J connectivity index is 1.79. The number of phenols is 1. The molecule has 42 heavy (non-hydrogen) atoms. The van der Waals surface area contributed by atoms with Gasteiger partial charge in [0.05, 0.1) is 31.0 Å². The first-order chi connectivity index (χ1) is 19.6. The zero-order valence-electron chi connectivity index (χ0n) is 24.8. The Kier molecular flexibility index (Phi) is 9.42. The molecule has 4 rings (SSSR count). The van der Waals surface area contributed by atoms with Crippen molar-refractivity contribution in [1.29, 1.82) is 0 Å². The molecule has 1 amide bonds. The van der Waals surface area contributed by atoms with Crippen LogP contribution in [-0.2, 0) is 11.2 Å². The maximum absolute atomic E-state index is 16.2. The molecule has 11 heteroatoms. The summed E-state index contributed by atoms with van der Waals surface area (Å²) in [4.78, 5) is 18.0. The molecule has 0 aromatic heterocycles. The highest BCUT2D eigenvalue weighted by Crippen LogP contribution is 2.43. The second-order valence-corrected chi connectivity index (χ2v) is 12.5. The fraction of sp³-hybridized carbons (Fsp3) is 0.581. The van der Waals surface area contributed by atoms with Crippen LogP contribution in [0.2, 0.25) is 0 Å². The number of fused-ring (bicyclic) bond motifs is 1. The number of hydrogen-bond donors (Lipinski definition) is 1. The largest absolute Gasteiger partial charge is 0.508 e. The van der Waals surface area contributed by atoms with E-state index in [9.17, 15) is 23.1 Å². The third kappa shape index (κ3) is 7.34. The van der Waals surface area contributed by atoms with Gasteiger partial charge in [-0.2, -0.15) is 0 Å². The zero-order valence-corrected chi connectivity index (χ0v) is 24.8. The fourth-order valence-electron chi connectivity index (χ4n) is 6.05. The summed E-state index contributed by atoms with van der Waals surface area (Å²) in [6, 6.07) is 4.28. The van der Waals surface area contributed by atoms with Gasteiger partial charge >= 0.3 is 6.09 Å². The molecule has 2 heterocycles. The lowest BCUT2D eigenvalue weighted by molar-refractivity contribution is -0.0371. The second kappa shape index (κ2) is 12.4. The number of anilines is 1. The van der Waals surface area contributed by atoms with Crippen LogP contribution >= 0.6 is 0 Å². The van der Waals surface area contributed by atoms with Crippen LogP contribution in [0.15, 0.2) is 30.3 Å². The third-order valence-electron chi connectivity index (χ3n) is 7.72. The van der Waals surface area contributed by atoms with Crippen LogP contribution < -0.4 is 4.90 Å². The molecule has 1 saturated heterocycles. The molecule has 2 aromatic carbocycles. The molecular formula is C31H40F5N3O3. The first-order valence-electron chi connectivity index (χ1n) is 14.3. The summed E-state index contributed by atoms with van der Waals surface area (Å²) in [5, 5.41) is 10.0. The van der Waals surface area contributed by atoms with Crippen molar-refractivity contribution < 1.29 is 36.6 Å². The molecule has 0 spiro atoms. The number of benzene rings is 2. The molecule has 2 aliphatic rings. The number of carbonyl (C=O) groups excluding carboxylic acids is 1. The van der Waals surface area contributed by atoms with Crippen LogP contribution in [0.4, 0.5) is 32.4 Å². The van der Waals surface area contributed by atoms with E-state index in [4.69, 9.17) is 4.74 Å². The Morgan fingerprint density at radius 2 is 1.79 bits per heavy atom. The molecule has 232 valence electrons. The highest BCUT2D eigenvalue weighted by Gasteiger charge is 2.42. The minimum atomic E-state index is -3.14. The minimum absolute atomic E-state index is 0.0320. The summed E-state index contributed by atoms with van der Waals surface area (Å²) in [6.45, 7) is 7.76. The topological polar surface area (TPSA) is 56.2 Å². The Morgan fingerprint density at radius 3 is 2.38 bits per heavy atom. The van der Waals surface area contributed by atoms with Crippen LogP contribution in [0.3, 0.4) is 0 Å². The Hall–Kier alpha value is -2.92. The van der Waals surface area contributed by atoms with E-state index in [1.54, 1.807) is 27.7 Å². The lowest BCUT2D eigenvalue weighted by atomic mass is 9.84. The summed E-state index contributed by atoms with van der Waals surface area (Å²) >= 11 is 0. The fourth-order valence-corrected chi connectivity index (χ4v) is 6.05. The average molecular weight is 598 g/mol. The zero-order chi connectivity index (χ0) is 31.0. The van der Waals surface area contributed by atoms with E-state index in [0.29, 0.717) is 50.0 Å². The van der Waals surface area contributed by atoms with Gasteiger partial charge in [0.15, 0.2) is 0 Å². The summed E-state index contributed by atoms with van der Waals surface area (Å²) in [5.74, 6) is -5.16. The molecule has 0 bridgehead atoms. The van der Waals surface area contributed by atoms with Gasteiger partial charge in [0, 0.05) is 38.2 Å². The molecule has 0 radical (unpaired) electrons. The normalized spacial score (nSPS) is 21.8. The SMILES string of the molecule is C[C@@H]1Cc2cc(O)ccc2[C@@H](c2c(F)cc(N(C(=O)OC(C)(C)C)[C@H]3CCN(CCCF)C3)cc2F)N1CC(C)(F)F. The number of rotatable bonds is 8. The van der Waals surface area contributed by atoms with Crippen LogP contribution in [-0.4, -0.2) is 77.5 Å². The molecular weight excluding hydrogens is 557 g/mol. The molecule has 6 nitrogen and oxygen atoms in total. The van der Waals surface area contributed by atoms with Crippen LogP contribution in [0.1, 0.15) is 70.2 Å². The van der Waals surface area contributed by atoms with Crippen molar-refractivity contribution in [2.24, 2.45) is 0 Å². The Morgan fingerprint density at radius 1 is 1.12 bits per heavy atom. The van der Waals surface area contributed by atoms with Crippen LogP contribution in [0, 0.1) is 11.6 Å². The molecule has 3 atom stereocenters. The lowest BCUT2D eigenvalue weighted by Gasteiger charge is -2.43. The second-order valence-electron chi connectivity index (χ2n) is 12.5. The van der Waals surface area contributed by atoms with Gasteiger partial charge in [0.25, 0.3) is 5.92 Å². The van der Waals surface area contributed by atoms with Gasteiger partial charge in [-0.25, -0.2) is 22.4 Å². The molecule has 0 unspecified atom stereocenters. The number of amides is 1. The van der Waals surface area contributed by atoms with Gasteiger partial charge in [-0.05, 0) is 82.3 Å². The van der Waals surface area contributed by atoms with Gasteiger partial charge < -0.3 is 14.7 Å². The molecule has 1 fully saturated rings. The number of aromatic hydroxyl groups is 1. The number of carbonyl (C=O) groups is 1. The summed E-state index contributed by atoms with van der Waals surface area (Å²) in [6.07, 6.45) is 0.367. The number of hydrogen-bond acceptors (Lipinski definition) is 5. The van der Waals surface area contributed by atoms with Gasteiger partial charge in [0.2, 0.25) is 0 Å². The monoisotopic (exact) mass is 597 g/mol. The quantitative estimate of drug-likeness (QED) is 0.338. The van der Waals surface area contributed by atoms with Crippen molar-refractivity contribution in [1.82, 2.24) is 9.80 Å². The van der Waals surface area contributed by atoms with Gasteiger partial charge in [0.1, 0.15) is 23.0 Å². The highest BCUT2D eigenvalue weighted by atomic mass is 19.3. The minimum Gasteiger partial charge on any atom is -0.508 e. The van der Waals surface area contributed by atoms with Crippen molar-refractivity contribution in [3.05, 3.63) is 58.7 Å². The Labute approximate surface area is 244 Å². The van der Waals surface area contributed by atoms with E-state index in [-0.39, 0.29) is 11.4 Å².